The fourth-order valence-corrected chi connectivity index (χ4v) is 2.91. The Morgan fingerprint density at radius 1 is 1.00 bits per heavy atom. The van der Waals surface area contributed by atoms with Crippen molar-refractivity contribution >= 4 is 11.6 Å². The maximum Gasteiger partial charge on any atom is 0.232 e. The summed E-state index contributed by atoms with van der Waals surface area (Å²) in [5.74, 6) is 0.372. The van der Waals surface area contributed by atoms with Crippen molar-refractivity contribution < 1.29 is 9.53 Å². The number of amides is 1. The number of hydrogen-bond acceptors (Lipinski definition) is 3. The summed E-state index contributed by atoms with van der Waals surface area (Å²) in [5.41, 5.74) is 6.92. The molecule has 1 aliphatic carbocycles. The van der Waals surface area contributed by atoms with Crippen LogP contribution in [0, 0.1) is 5.92 Å². The van der Waals surface area contributed by atoms with Crippen molar-refractivity contribution in [1.82, 2.24) is 0 Å². The number of nitrogens with two attached hydrogens (primary N) is 1. The normalized spacial score (nSPS) is 24.0. The molecule has 0 bridgehead atoms. The van der Waals surface area contributed by atoms with Gasteiger partial charge in [0.05, 0.1) is 5.92 Å². The molecule has 0 spiro atoms. The topological polar surface area (TPSA) is 64.3 Å². The average molecular weight is 296 g/mol. The predicted molar refractivity (Wildman–Crippen MR) is 86.6 cm³/mol. The molecule has 0 saturated heterocycles. The number of rotatable bonds is 4. The summed E-state index contributed by atoms with van der Waals surface area (Å²) in [6.07, 6.45) is 1.41. The number of anilines is 1. The van der Waals surface area contributed by atoms with Crippen molar-refractivity contribution in [2.45, 2.75) is 25.0 Å². The smallest absolute Gasteiger partial charge is 0.232 e. The molecular weight excluding hydrogens is 276 g/mol. The van der Waals surface area contributed by atoms with Crippen molar-refractivity contribution in [3.05, 3.63) is 60.7 Å². The lowest BCUT2D eigenvalue weighted by Crippen LogP contribution is -2.41. The number of benzene rings is 2. The molecule has 3 unspecified atom stereocenters. The second kappa shape index (κ2) is 6.62. The highest BCUT2D eigenvalue weighted by Gasteiger charge is 2.40. The van der Waals surface area contributed by atoms with Gasteiger partial charge in [-0.15, -0.1) is 0 Å². The molecule has 22 heavy (non-hydrogen) atoms. The second-order valence-electron chi connectivity index (χ2n) is 5.59. The van der Waals surface area contributed by atoms with Crippen molar-refractivity contribution in [2.24, 2.45) is 11.7 Å². The summed E-state index contributed by atoms with van der Waals surface area (Å²) in [4.78, 5) is 12.6. The predicted octanol–water partition coefficient (Wildman–Crippen LogP) is 2.81. The SMILES string of the molecule is NC1CCC(Oc2ccccc2)C1C(=O)Nc1ccccc1. The lowest BCUT2D eigenvalue weighted by Gasteiger charge is -2.23. The number of ether oxygens (including phenoxy) is 1. The van der Waals surface area contributed by atoms with Gasteiger partial charge in [-0.05, 0) is 37.1 Å². The van der Waals surface area contributed by atoms with Crippen LogP contribution in [0.25, 0.3) is 0 Å². The van der Waals surface area contributed by atoms with Gasteiger partial charge >= 0.3 is 0 Å². The highest BCUT2D eigenvalue weighted by Crippen LogP contribution is 2.30. The second-order valence-corrected chi connectivity index (χ2v) is 5.59. The van der Waals surface area contributed by atoms with Gasteiger partial charge in [0.25, 0.3) is 0 Å². The highest BCUT2D eigenvalue weighted by molar-refractivity contribution is 5.93. The molecular formula is C18H20N2O2. The summed E-state index contributed by atoms with van der Waals surface area (Å²) in [7, 11) is 0. The Kier molecular flexibility index (Phi) is 4.39. The van der Waals surface area contributed by atoms with Crippen LogP contribution in [0.3, 0.4) is 0 Å². The van der Waals surface area contributed by atoms with E-state index < -0.39 is 0 Å². The number of carbonyl (C=O) groups excluding carboxylic acids is 1. The molecule has 1 aliphatic rings. The van der Waals surface area contributed by atoms with Gasteiger partial charge in [-0.25, -0.2) is 0 Å². The first-order chi connectivity index (χ1) is 10.7. The Bertz CT molecular complexity index is 615. The van der Waals surface area contributed by atoms with Crippen LogP contribution in [0.1, 0.15) is 12.8 Å². The molecule has 1 amide bonds. The van der Waals surface area contributed by atoms with Crippen molar-refractivity contribution in [1.29, 1.82) is 0 Å². The lowest BCUT2D eigenvalue weighted by molar-refractivity contribution is -0.122. The third kappa shape index (κ3) is 3.28. The van der Waals surface area contributed by atoms with Gasteiger partial charge < -0.3 is 15.8 Å². The van der Waals surface area contributed by atoms with Gasteiger partial charge in [0.2, 0.25) is 5.91 Å². The van der Waals surface area contributed by atoms with Crippen LogP contribution in [0.2, 0.25) is 0 Å². The van der Waals surface area contributed by atoms with Crippen LogP contribution in [0.5, 0.6) is 5.75 Å². The van der Waals surface area contributed by atoms with E-state index in [2.05, 4.69) is 5.32 Å². The van der Waals surface area contributed by atoms with E-state index in [1.165, 1.54) is 0 Å². The van der Waals surface area contributed by atoms with Crippen LogP contribution in [0.4, 0.5) is 5.69 Å². The monoisotopic (exact) mass is 296 g/mol. The zero-order chi connectivity index (χ0) is 15.4. The lowest BCUT2D eigenvalue weighted by atomic mass is 10.0. The molecule has 0 aliphatic heterocycles. The molecule has 0 aromatic heterocycles. The zero-order valence-electron chi connectivity index (χ0n) is 12.3. The first-order valence-electron chi connectivity index (χ1n) is 7.57. The van der Waals surface area contributed by atoms with Gasteiger partial charge in [-0.3, -0.25) is 4.79 Å². The van der Waals surface area contributed by atoms with Gasteiger partial charge in [-0.1, -0.05) is 36.4 Å². The first kappa shape index (κ1) is 14.6. The molecule has 2 aromatic rings. The van der Waals surface area contributed by atoms with Crippen LogP contribution in [-0.2, 0) is 4.79 Å². The van der Waals surface area contributed by atoms with E-state index in [0.717, 1.165) is 24.3 Å². The number of carbonyl (C=O) groups is 1. The summed E-state index contributed by atoms with van der Waals surface area (Å²) in [5, 5.41) is 2.93. The molecule has 1 fully saturated rings. The number of nitrogens with one attached hydrogen (secondary N) is 1. The van der Waals surface area contributed by atoms with Gasteiger partial charge in [-0.2, -0.15) is 0 Å². The Morgan fingerprint density at radius 2 is 1.64 bits per heavy atom. The fourth-order valence-electron chi connectivity index (χ4n) is 2.91. The summed E-state index contributed by atoms with van der Waals surface area (Å²) in [6, 6.07) is 18.8. The summed E-state index contributed by atoms with van der Waals surface area (Å²) in [6.45, 7) is 0. The maximum absolute atomic E-state index is 12.6. The Hall–Kier alpha value is -2.33. The number of para-hydroxylation sites is 2. The third-order valence-electron chi connectivity index (χ3n) is 4.02. The van der Waals surface area contributed by atoms with E-state index in [-0.39, 0.29) is 24.0 Å². The standard InChI is InChI=1S/C18H20N2O2/c19-15-11-12-16(22-14-9-5-2-6-10-14)17(15)18(21)20-13-7-3-1-4-8-13/h1-10,15-17H,11-12,19H2,(H,20,21). The maximum atomic E-state index is 12.6. The molecule has 0 radical (unpaired) electrons. The van der Waals surface area contributed by atoms with Crippen LogP contribution in [0.15, 0.2) is 60.7 Å². The Labute approximate surface area is 130 Å². The minimum Gasteiger partial charge on any atom is -0.490 e. The van der Waals surface area contributed by atoms with E-state index >= 15 is 0 Å². The van der Waals surface area contributed by atoms with Crippen molar-refractivity contribution in [3.8, 4) is 5.75 Å². The quantitative estimate of drug-likeness (QED) is 0.912. The van der Waals surface area contributed by atoms with E-state index in [4.69, 9.17) is 10.5 Å². The largest absolute Gasteiger partial charge is 0.490 e. The molecule has 4 nitrogen and oxygen atoms in total. The first-order valence-corrected chi connectivity index (χ1v) is 7.57. The van der Waals surface area contributed by atoms with Gasteiger partial charge in [0.1, 0.15) is 11.9 Å². The summed E-state index contributed by atoms with van der Waals surface area (Å²) >= 11 is 0. The number of hydrogen-bond donors (Lipinski definition) is 2. The minimum atomic E-state index is -0.333. The molecule has 3 atom stereocenters. The Morgan fingerprint density at radius 3 is 2.32 bits per heavy atom. The average Bonchev–Trinajstić information content (AvgIpc) is 2.90. The zero-order valence-corrected chi connectivity index (χ0v) is 12.3. The highest BCUT2D eigenvalue weighted by atomic mass is 16.5. The van der Waals surface area contributed by atoms with Crippen molar-refractivity contribution in [2.75, 3.05) is 5.32 Å². The third-order valence-corrected chi connectivity index (χ3v) is 4.02. The molecule has 114 valence electrons. The fraction of sp³-hybridized carbons (Fsp3) is 0.278. The summed E-state index contributed by atoms with van der Waals surface area (Å²) < 4.78 is 5.98. The van der Waals surface area contributed by atoms with Crippen LogP contribution in [-0.4, -0.2) is 18.1 Å². The molecule has 4 heteroatoms. The van der Waals surface area contributed by atoms with Gasteiger partial charge in [0.15, 0.2) is 0 Å². The van der Waals surface area contributed by atoms with Crippen LogP contribution < -0.4 is 15.8 Å². The van der Waals surface area contributed by atoms with E-state index in [9.17, 15) is 4.79 Å². The van der Waals surface area contributed by atoms with E-state index in [0.29, 0.717) is 0 Å². The van der Waals surface area contributed by atoms with Crippen LogP contribution >= 0.6 is 0 Å². The van der Waals surface area contributed by atoms with Gasteiger partial charge in [0, 0.05) is 11.7 Å². The molecule has 2 aromatic carbocycles. The molecule has 3 N–H and O–H groups in total. The minimum absolute atomic E-state index is 0.0721. The molecule has 3 rings (SSSR count). The van der Waals surface area contributed by atoms with Crippen molar-refractivity contribution in [3.63, 3.8) is 0 Å². The molecule has 1 saturated carbocycles. The van der Waals surface area contributed by atoms with E-state index in [1.807, 2.05) is 60.7 Å². The Balaban J connectivity index is 1.70. The molecule has 0 heterocycles. The van der Waals surface area contributed by atoms with E-state index in [1.54, 1.807) is 0 Å².